The number of hydrogen-bond donors (Lipinski definition) is 2. The lowest BCUT2D eigenvalue weighted by molar-refractivity contribution is -0.121. The first-order valence-corrected chi connectivity index (χ1v) is 3.86. The molecule has 0 aromatic heterocycles. The van der Waals surface area contributed by atoms with Crippen LogP contribution in [0.1, 0.15) is 0 Å². The van der Waals surface area contributed by atoms with Crippen molar-refractivity contribution in [2.75, 3.05) is 33.8 Å². The number of carbonyl (C=O) groups excluding carboxylic acids is 2. The van der Waals surface area contributed by atoms with E-state index in [2.05, 4.69) is 4.74 Å². The van der Waals surface area contributed by atoms with Gasteiger partial charge in [0.15, 0.2) is 0 Å². The predicted molar refractivity (Wildman–Crippen MR) is 47.1 cm³/mol. The van der Waals surface area contributed by atoms with Crippen LogP contribution >= 0.6 is 0 Å². The van der Waals surface area contributed by atoms with Gasteiger partial charge in [-0.25, -0.2) is 4.79 Å². The maximum Gasteiger partial charge on any atom is 0.413 e. The number of likely N-dealkylation sites (N-methyl/N-ethyl adjacent to an activating group) is 1. The van der Waals surface area contributed by atoms with Crippen molar-refractivity contribution < 1.29 is 14.3 Å². The van der Waals surface area contributed by atoms with Gasteiger partial charge >= 0.3 is 6.09 Å². The van der Waals surface area contributed by atoms with Crippen molar-refractivity contribution in [1.82, 2.24) is 10.2 Å². The average Bonchev–Trinajstić information content (AvgIpc) is 2.04. The quantitative estimate of drug-likeness (QED) is 0.578. The van der Waals surface area contributed by atoms with E-state index in [4.69, 9.17) is 5.73 Å². The van der Waals surface area contributed by atoms with Crippen molar-refractivity contribution in [2.45, 2.75) is 0 Å². The molecule has 0 aromatic carbocycles. The molecule has 0 aliphatic rings. The second kappa shape index (κ2) is 6.38. The minimum absolute atomic E-state index is 0.131. The smallest absolute Gasteiger partial charge is 0.413 e. The molecule has 0 aliphatic heterocycles. The van der Waals surface area contributed by atoms with E-state index in [0.717, 1.165) is 0 Å². The van der Waals surface area contributed by atoms with Crippen LogP contribution in [0.5, 0.6) is 0 Å². The van der Waals surface area contributed by atoms with Gasteiger partial charge in [-0.3, -0.25) is 15.0 Å². The Balaban J connectivity index is 3.67. The summed E-state index contributed by atoms with van der Waals surface area (Å²) in [7, 11) is 2.94. The fourth-order valence-electron chi connectivity index (χ4n) is 0.749. The molecule has 0 fully saturated rings. The van der Waals surface area contributed by atoms with Crippen LogP contribution in [0.25, 0.3) is 0 Å². The molecule has 0 radical (unpaired) electrons. The second-order valence-corrected chi connectivity index (χ2v) is 2.57. The van der Waals surface area contributed by atoms with Crippen LogP contribution in [0.15, 0.2) is 0 Å². The maximum absolute atomic E-state index is 11.0. The first kappa shape index (κ1) is 11.9. The molecule has 3 N–H and O–H groups in total. The van der Waals surface area contributed by atoms with Crippen LogP contribution < -0.4 is 11.1 Å². The third-order valence-electron chi connectivity index (χ3n) is 1.35. The van der Waals surface area contributed by atoms with Gasteiger partial charge in [0, 0.05) is 13.1 Å². The van der Waals surface area contributed by atoms with Crippen molar-refractivity contribution >= 4 is 12.0 Å². The van der Waals surface area contributed by atoms with Gasteiger partial charge in [-0.1, -0.05) is 0 Å². The number of alkyl carbamates (subject to hydrolysis) is 1. The van der Waals surface area contributed by atoms with E-state index in [-0.39, 0.29) is 6.54 Å². The summed E-state index contributed by atoms with van der Waals surface area (Å²) in [4.78, 5) is 23.3. The number of nitrogens with zero attached hydrogens (tertiary/aromatic N) is 1. The highest BCUT2D eigenvalue weighted by atomic mass is 16.5. The molecule has 2 amide bonds. The standard InChI is InChI=1S/C7H15N3O3/c1-10(4-3-8)5-6(11)9-7(12)13-2/h3-5,8H2,1-2H3,(H,9,11,12). The molecular weight excluding hydrogens is 174 g/mol. The van der Waals surface area contributed by atoms with E-state index < -0.39 is 12.0 Å². The number of rotatable bonds is 4. The summed E-state index contributed by atoms with van der Waals surface area (Å²) in [6.45, 7) is 1.21. The third-order valence-corrected chi connectivity index (χ3v) is 1.35. The Morgan fingerprint density at radius 1 is 1.54 bits per heavy atom. The SMILES string of the molecule is COC(=O)NC(=O)CN(C)CCN. The highest BCUT2D eigenvalue weighted by molar-refractivity contribution is 5.92. The molecule has 0 aromatic rings. The average molecular weight is 189 g/mol. The molecule has 0 heterocycles. The normalized spacial score (nSPS) is 9.85. The molecule has 0 saturated heterocycles. The van der Waals surface area contributed by atoms with Crippen LogP contribution in [-0.4, -0.2) is 50.7 Å². The van der Waals surface area contributed by atoms with Gasteiger partial charge in [-0.2, -0.15) is 0 Å². The minimum atomic E-state index is -0.744. The summed E-state index contributed by atoms with van der Waals surface area (Å²) in [6.07, 6.45) is -0.744. The van der Waals surface area contributed by atoms with Gasteiger partial charge in [-0.15, -0.1) is 0 Å². The van der Waals surface area contributed by atoms with Crippen molar-refractivity contribution in [3.05, 3.63) is 0 Å². The lowest BCUT2D eigenvalue weighted by Crippen LogP contribution is -2.39. The van der Waals surface area contributed by atoms with Gasteiger partial charge in [0.25, 0.3) is 0 Å². The second-order valence-electron chi connectivity index (χ2n) is 2.57. The highest BCUT2D eigenvalue weighted by Gasteiger charge is 2.09. The van der Waals surface area contributed by atoms with E-state index in [1.807, 2.05) is 5.32 Å². The lowest BCUT2D eigenvalue weighted by Gasteiger charge is -2.13. The van der Waals surface area contributed by atoms with E-state index in [1.165, 1.54) is 7.11 Å². The number of imide groups is 1. The van der Waals surface area contributed by atoms with Gasteiger partial charge in [-0.05, 0) is 7.05 Å². The van der Waals surface area contributed by atoms with E-state index in [0.29, 0.717) is 13.1 Å². The van der Waals surface area contributed by atoms with E-state index in [1.54, 1.807) is 11.9 Å². The van der Waals surface area contributed by atoms with Gasteiger partial charge in [0.2, 0.25) is 5.91 Å². The van der Waals surface area contributed by atoms with Crippen LogP contribution in [0.2, 0.25) is 0 Å². The first-order valence-electron chi connectivity index (χ1n) is 3.86. The zero-order chi connectivity index (χ0) is 10.3. The zero-order valence-electron chi connectivity index (χ0n) is 7.87. The fourth-order valence-corrected chi connectivity index (χ4v) is 0.749. The van der Waals surface area contributed by atoms with Crippen LogP contribution in [0.3, 0.4) is 0 Å². The number of nitrogens with two attached hydrogens (primary N) is 1. The van der Waals surface area contributed by atoms with E-state index >= 15 is 0 Å². The Morgan fingerprint density at radius 3 is 2.62 bits per heavy atom. The Morgan fingerprint density at radius 2 is 2.15 bits per heavy atom. The molecule has 0 aliphatic carbocycles. The maximum atomic E-state index is 11.0. The minimum Gasteiger partial charge on any atom is -0.453 e. The molecule has 6 nitrogen and oxygen atoms in total. The number of nitrogens with one attached hydrogen (secondary N) is 1. The zero-order valence-corrected chi connectivity index (χ0v) is 7.87. The van der Waals surface area contributed by atoms with Crippen molar-refractivity contribution in [3.8, 4) is 0 Å². The summed E-state index contributed by atoms with van der Waals surface area (Å²) in [5.74, 6) is -0.400. The molecule has 0 saturated carbocycles. The number of carbonyl (C=O) groups is 2. The van der Waals surface area contributed by atoms with Gasteiger partial charge in [0.05, 0.1) is 13.7 Å². The molecule has 0 atom stereocenters. The predicted octanol–water partition coefficient (Wildman–Crippen LogP) is -1.24. The Kier molecular flexibility index (Phi) is 5.82. The Bertz CT molecular complexity index is 184. The van der Waals surface area contributed by atoms with Crippen LogP contribution in [-0.2, 0) is 9.53 Å². The summed E-state index contributed by atoms with van der Waals surface area (Å²) in [5, 5.41) is 2.04. The first-order chi connectivity index (χ1) is 6.10. The monoisotopic (exact) mass is 189 g/mol. The van der Waals surface area contributed by atoms with Crippen LogP contribution in [0.4, 0.5) is 4.79 Å². The van der Waals surface area contributed by atoms with Crippen molar-refractivity contribution in [1.29, 1.82) is 0 Å². The number of ether oxygens (including phenoxy) is 1. The molecule has 13 heavy (non-hydrogen) atoms. The number of hydrogen-bond acceptors (Lipinski definition) is 5. The van der Waals surface area contributed by atoms with Gasteiger partial charge < -0.3 is 10.5 Å². The third kappa shape index (κ3) is 6.06. The molecule has 76 valence electrons. The largest absolute Gasteiger partial charge is 0.453 e. The van der Waals surface area contributed by atoms with Crippen molar-refractivity contribution in [3.63, 3.8) is 0 Å². The topological polar surface area (TPSA) is 84.7 Å². The highest BCUT2D eigenvalue weighted by Crippen LogP contribution is 1.80. The molecular formula is C7H15N3O3. The lowest BCUT2D eigenvalue weighted by atomic mass is 10.5. The van der Waals surface area contributed by atoms with Gasteiger partial charge in [0.1, 0.15) is 0 Å². The molecule has 6 heteroatoms. The fraction of sp³-hybridized carbons (Fsp3) is 0.714. The Labute approximate surface area is 77.0 Å². The van der Waals surface area contributed by atoms with Crippen molar-refractivity contribution in [2.24, 2.45) is 5.73 Å². The Hall–Kier alpha value is -1.14. The molecule has 0 unspecified atom stereocenters. The molecule has 0 bridgehead atoms. The summed E-state index contributed by atoms with van der Waals surface area (Å²) in [5.41, 5.74) is 5.27. The van der Waals surface area contributed by atoms with E-state index in [9.17, 15) is 9.59 Å². The number of amides is 2. The summed E-state index contributed by atoms with van der Waals surface area (Å²) < 4.78 is 4.25. The molecule has 0 rings (SSSR count). The number of methoxy groups -OCH3 is 1. The summed E-state index contributed by atoms with van der Waals surface area (Å²) >= 11 is 0. The molecule has 0 spiro atoms. The summed E-state index contributed by atoms with van der Waals surface area (Å²) in [6, 6.07) is 0. The van der Waals surface area contributed by atoms with Crippen LogP contribution in [0, 0.1) is 0 Å².